The normalized spacial score (nSPS) is 10.4. The van der Waals surface area contributed by atoms with Crippen LogP contribution in [0.2, 0.25) is 5.02 Å². The van der Waals surface area contributed by atoms with E-state index in [0.29, 0.717) is 23.1 Å². The minimum absolute atomic E-state index is 0.554. The van der Waals surface area contributed by atoms with Crippen LogP contribution in [-0.2, 0) is 13.0 Å². The van der Waals surface area contributed by atoms with Crippen molar-refractivity contribution in [3.8, 4) is 11.5 Å². The number of halogens is 1. The highest BCUT2D eigenvalue weighted by molar-refractivity contribution is 6.32. The first-order valence-corrected chi connectivity index (χ1v) is 7.13. The van der Waals surface area contributed by atoms with Gasteiger partial charge in [-0.2, -0.15) is 0 Å². The minimum Gasteiger partial charge on any atom is -0.493 e. The minimum atomic E-state index is 0.554. The number of rotatable bonds is 7. The van der Waals surface area contributed by atoms with Crippen LogP contribution >= 0.6 is 11.6 Å². The lowest BCUT2D eigenvalue weighted by Gasteiger charge is -2.12. The van der Waals surface area contributed by atoms with Crippen LogP contribution in [-0.4, -0.2) is 25.7 Å². The fraction of sp³-hybridized carbons (Fsp3) is 0.312. The number of nitrogens with zero attached hydrogens (tertiary/aromatic N) is 1. The number of benzene rings is 1. The summed E-state index contributed by atoms with van der Waals surface area (Å²) in [6.45, 7) is 1.57. The number of hydrogen-bond donors (Lipinski definition) is 1. The van der Waals surface area contributed by atoms with E-state index in [0.717, 1.165) is 24.2 Å². The second-order valence-electron chi connectivity index (χ2n) is 4.56. The van der Waals surface area contributed by atoms with E-state index < -0.39 is 0 Å². The summed E-state index contributed by atoms with van der Waals surface area (Å²) in [7, 11) is 3.18. The molecule has 1 N–H and O–H groups in total. The first kappa shape index (κ1) is 15.6. The Labute approximate surface area is 130 Å². The maximum atomic E-state index is 6.18. The number of hydrogen-bond acceptors (Lipinski definition) is 4. The highest BCUT2D eigenvalue weighted by Crippen LogP contribution is 2.35. The molecule has 21 heavy (non-hydrogen) atoms. The average Bonchev–Trinajstić information content (AvgIpc) is 2.52. The Hall–Kier alpha value is -1.78. The van der Waals surface area contributed by atoms with Gasteiger partial charge in [0.15, 0.2) is 11.5 Å². The van der Waals surface area contributed by atoms with Crippen molar-refractivity contribution in [2.75, 3.05) is 20.8 Å². The molecule has 0 radical (unpaired) electrons. The van der Waals surface area contributed by atoms with Gasteiger partial charge >= 0.3 is 0 Å². The van der Waals surface area contributed by atoms with Gasteiger partial charge in [-0.05, 0) is 29.8 Å². The molecule has 0 amide bonds. The van der Waals surface area contributed by atoms with Gasteiger partial charge in [0.1, 0.15) is 0 Å². The van der Waals surface area contributed by atoms with E-state index in [9.17, 15) is 0 Å². The Kier molecular flexibility index (Phi) is 5.84. The molecule has 0 bridgehead atoms. The molecule has 0 aliphatic heterocycles. The molecule has 2 aromatic rings. The highest BCUT2D eigenvalue weighted by Gasteiger charge is 2.10. The van der Waals surface area contributed by atoms with Crippen LogP contribution in [0.3, 0.4) is 0 Å². The molecule has 1 heterocycles. The molecule has 0 spiro atoms. The molecule has 0 aliphatic rings. The van der Waals surface area contributed by atoms with E-state index in [2.05, 4.69) is 10.3 Å². The fourth-order valence-electron chi connectivity index (χ4n) is 2.07. The van der Waals surface area contributed by atoms with Crippen LogP contribution in [0, 0.1) is 0 Å². The van der Waals surface area contributed by atoms with E-state index in [1.54, 1.807) is 14.2 Å². The molecule has 0 saturated carbocycles. The van der Waals surface area contributed by atoms with Crippen molar-refractivity contribution in [2.45, 2.75) is 13.0 Å². The summed E-state index contributed by atoms with van der Waals surface area (Å²) in [5, 5.41) is 3.93. The summed E-state index contributed by atoms with van der Waals surface area (Å²) in [6, 6.07) is 9.75. The summed E-state index contributed by atoms with van der Waals surface area (Å²) in [4.78, 5) is 4.29. The summed E-state index contributed by atoms with van der Waals surface area (Å²) in [5.74, 6) is 1.21. The molecule has 0 atom stereocenters. The van der Waals surface area contributed by atoms with Crippen molar-refractivity contribution in [2.24, 2.45) is 0 Å². The molecule has 0 unspecified atom stereocenters. The molecule has 0 saturated heterocycles. The number of aromatic nitrogens is 1. The maximum Gasteiger partial charge on any atom is 0.179 e. The topological polar surface area (TPSA) is 43.4 Å². The van der Waals surface area contributed by atoms with E-state index in [-0.39, 0.29) is 0 Å². The maximum absolute atomic E-state index is 6.18. The van der Waals surface area contributed by atoms with E-state index >= 15 is 0 Å². The zero-order valence-corrected chi connectivity index (χ0v) is 13.0. The van der Waals surface area contributed by atoms with E-state index in [1.165, 1.54) is 0 Å². The number of ether oxygens (including phenoxy) is 2. The van der Waals surface area contributed by atoms with Crippen LogP contribution in [0.5, 0.6) is 11.5 Å². The molecular formula is C16H19ClN2O2. The Morgan fingerprint density at radius 3 is 2.71 bits per heavy atom. The molecule has 2 rings (SSSR count). The molecule has 112 valence electrons. The fourth-order valence-corrected chi connectivity index (χ4v) is 2.38. The van der Waals surface area contributed by atoms with Crippen LogP contribution in [0.4, 0.5) is 0 Å². The van der Waals surface area contributed by atoms with Crippen molar-refractivity contribution in [3.05, 3.63) is 52.8 Å². The van der Waals surface area contributed by atoms with Crippen molar-refractivity contribution in [1.29, 1.82) is 0 Å². The van der Waals surface area contributed by atoms with Crippen molar-refractivity contribution < 1.29 is 9.47 Å². The second-order valence-corrected chi connectivity index (χ2v) is 4.97. The van der Waals surface area contributed by atoms with Gasteiger partial charge in [0, 0.05) is 31.4 Å². The molecule has 5 heteroatoms. The van der Waals surface area contributed by atoms with Crippen LogP contribution in [0.25, 0.3) is 0 Å². The van der Waals surface area contributed by atoms with Gasteiger partial charge in [0.25, 0.3) is 0 Å². The van der Waals surface area contributed by atoms with Gasteiger partial charge in [-0.1, -0.05) is 17.7 Å². The summed E-state index contributed by atoms with van der Waals surface area (Å²) in [6.07, 6.45) is 2.70. The number of pyridine rings is 1. The molecule has 1 aromatic carbocycles. The predicted molar refractivity (Wildman–Crippen MR) is 84.2 cm³/mol. The van der Waals surface area contributed by atoms with Gasteiger partial charge in [-0.3, -0.25) is 4.98 Å². The zero-order valence-electron chi connectivity index (χ0n) is 12.2. The van der Waals surface area contributed by atoms with Gasteiger partial charge in [-0.25, -0.2) is 0 Å². The van der Waals surface area contributed by atoms with Gasteiger partial charge in [0.05, 0.1) is 19.2 Å². The Bertz CT molecular complexity index is 576. The predicted octanol–water partition coefficient (Wildman–Crippen LogP) is 3.08. The lowest BCUT2D eigenvalue weighted by molar-refractivity contribution is 0.354. The van der Waals surface area contributed by atoms with Gasteiger partial charge in [-0.15, -0.1) is 0 Å². The van der Waals surface area contributed by atoms with E-state index in [4.69, 9.17) is 21.1 Å². The number of methoxy groups -OCH3 is 2. The summed E-state index contributed by atoms with van der Waals surface area (Å²) in [5.41, 5.74) is 2.13. The quantitative estimate of drug-likeness (QED) is 0.798. The largest absolute Gasteiger partial charge is 0.493 e. The monoisotopic (exact) mass is 306 g/mol. The molecule has 0 aliphatic carbocycles. The first-order chi connectivity index (χ1) is 10.2. The standard InChI is InChI=1S/C16H19ClN2O2/c1-20-15-10-12(9-14(17)16(15)21-2)11-18-8-6-13-5-3-4-7-19-13/h3-5,7,9-10,18H,6,8,11H2,1-2H3. The third kappa shape index (κ3) is 4.34. The smallest absolute Gasteiger partial charge is 0.179 e. The molecular weight excluding hydrogens is 288 g/mol. The van der Waals surface area contributed by atoms with Crippen molar-refractivity contribution in [3.63, 3.8) is 0 Å². The highest BCUT2D eigenvalue weighted by atomic mass is 35.5. The lowest BCUT2D eigenvalue weighted by atomic mass is 10.2. The van der Waals surface area contributed by atoms with Gasteiger partial charge < -0.3 is 14.8 Å². The summed E-state index contributed by atoms with van der Waals surface area (Å²) < 4.78 is 10.5. The van der Waals surface area contributed by atoms with Gasteiger partial charge in [0.2, 0.25) is 0 Å². The number of nitrogens with one attached hydrogen (secondary N) is 1. The Balaban J connectivity index is 1.90. The second kappa shape index (κ2) is 7.86. The average molecular weight is 307 g/mol. The molecule has 4 nitrogen and oxygen atoms in total. The van der Waals surface area contributed by atoms with Crippen LogP contribution in [0.15, 0.2) is 36.5 Å². The third-order valence-corrected chi connectivity index (χ3v) is 3.39. The van der Waals surface area contributed by atoms with E-state index in [1.807, 2.05) is 36.5 Å². The Morgan fingerprint density at radius 2 is 2.05 bits per heavy atom. The zero-order chi connectivity index (χ0) is 15.1. The van der Waals surface area contributed by atoms with Crippen LogP contribution in [0.1, 0.15) is 11.3 Å². The molecule has 0 fully saturated rings. The lowest BCUT2D eigenvalue weighted by Crippen LogP contribution is -2.17. The van der Waals surface area contributed by atoms with Crippen LogP contribution < -0.4 is 14.8 Å². The Morgan fingerprint density at radius 1 is 1.19 bits per heavy atom. The van der Waals surface area contributed by atoms with Crippen molar-refractivity contribution >= 4 is 11.6 Å². The summed E-state index contributed by atoms with van der Waals surface area (Å²) >= 11 is 6.18. The SMILES string of the molecule is COc1cc(CNCCc2ccccn2)cc(Cl)c1OC. The third-order valence-electron chi connectivity index (χ3n) is 3.11. The van der Waals surface area contributed by atoms with Crippen molar-refractivity contribution in [1.82, 2.24) is 10.3 Å². The molecule has 1 aromatic heterocycles. The first-order valence-electron chi connectivity index (χ1n) is 6.75.